The molecule has 14 heavy (non-hydrogen) atoms. The molecule has 0 aliphatic heterocycles. The Morgan fingerprint density at radius 1 is 1.57 bits per heavy atom. The maximum atomic E-state index is 8.89. The summed E-state index contributed by atoms with van der Waals surface area (Å²) in [5, 5.41) is 8.89. The van der Waals surface area contributed by atoms with Gasteiger partial charge in [0.2, 0.25) is 6.33 Å². The zero-order valence-corrected chi connectivity index (χ0v) is 9.50. The first-order chi connectivity index (χ1) is 6.40. The molecule has 1 aromatic rings. The van der Waals surface area contributed by atoms with Gasteiger partial charge >= 0.3 is 0 Å². The van der Waals surface area contributed by atoms with Crippen molar-refractivity contribution in [2.24, 2.45) is 7.05 Å². The smallest absolute Gasteiger partial charge is 0.243 e. The Labute approximate surface area is 84.8 Å². The van der Waals surface area contributed by atoms with E-state index in [1.165, 1.54) is 11.4 Å². The van der Waals surface area contributed by atoms with Crippen molar-refractivity contribution in [1.29, 1.82) is 0 Å². The summed E-state index contributed by atoms with van der Waals surface area (Å²) in [6.07, 6.45) is 2.13. The summed E-state index contributed by atoms with van der Waals surface area (Å²) < 4.78 is 4.40. The highest BCUT2D eigenvalue weighted by atomic mass is 16.4. The van der Waals surface area contributed by atoms with Gasteiger partial charge < -0.3 is 9.90 Å². The van der Waals surface area contributed by atoms with Crippen LogP contribution in [0, 0.1) is 13.8 Å². The van der Waals surface area contributed by atoms with E-state index in [1.807, 2.05) is 0 Å². The standard InChI is InChI=1S/C8H15N2.C2H4O2/c1-5-10-6-9(4)7(2)8(10)3;1-2(3)4/h6H,5H2,1-4H3;1H3,(H,3,4)/q+1;/p-1. The number of nitrogens with zero attached hydrogens (tertiary/aromatic N) is 2. The molecule has 0 amide bonds. The highest BCUT2D eigenvalue weighted by Gasteiger charge is 2.09. The van der Waals surface area contributed by atoms with E-state index in [2.05, 4.69) is 43.3 Å². The molecule has 4 nitrogen and oxygen atoms in total. The molecule has 0 aromatic carbocycles. The molecule has 0 saturated heterocycles. The summed E-state index contributed by atoms with van der Waals surface area (Å²) in [4.78, 5) is 8.89. The first-order valence-electron chi connectivity index (χ1n) is 4.59. The Morgan fingerprint density at radius 2 is 2.00 bits per heavy atom. The third-order valence-corrected chi connectivity index (χ3v) is 2.14. The lowest BCUT2D eigenvalue weighted by atomic mass is 10.4. The Kier molecular flexibility index (Phi) is 4.91. The summed E-state index contributed by atoms with van der Waals surface area (Å²) in [5.41, 5.74) is 2.71. The van der Waals surface area contributed by atoms with Gasteiger partial charge in [-0.15, -0.1) is 0 Å². The predicted octanol–water partition coefficient (Wildman–Crippen LogP) is -0.294. The van der Waals surface area contributed by atoms with Crippen molar-refractivity contribution >= 4 is 5.97 Å². The van der Waals surface area contributed by atoms with Crippen LogP contribution in [0.4, 0.5) is 0 Å². The lowest BCUT2D eigenvalue weighted by Gasteiger charge is -1.88. The van der Waals surface area contributed by atoms with Gasteiger partial charge in [0.05, 0.1) is 13.6 Å². The quantitative estimate of drug-likeness (QED) is 0.582. The van der Waals surface area contributed by atoms with Crippen molar-refractivity contribution in [3.63, 3.8) is 0 Å². The molecule has 1 aromatic heterocycles. The lowest BCUT2D eigenvalue weighted by molar-refractivity contribution is -0.677. The fourth-order valence-corrected chi connectivity index (χ4v) is 1.16. The van der Waals surface area contributed by atoms with Gasteiger partial charge in [0.1, 0.15) is 11.4 Å². The van der Waals surface area contributed by atoms with Crippen LogP contribution in [-0.2, 0) is 18.4 Å². The predicted molar refractivity (Wildman–Crippen MR) is 51.4 cm³/mol. The second kappa shape index (κ2) is 5.42. The summed E-state index contributed by atoms with van der Waals surface area (Å²) in [5.74, 6) is -1.08. The third kappa shape index (κ3) is 3.60. The minimum absolute atomic E-state index is 0.972. The number of carboxylic acids is 1. The Balaban J connectivity index is 0.000000364. The molecule has 0 aliphatic carbocycles. The highest BCUT2D eigenvalue weighted by Crippen LogP contribution is 2.00. The van der Waals surface area contributed by atoms with E-state index < -0.39 is 5.97 Å². The topological polar surface area (TPSA) is 48.9 Å². The molecule has 0 radical (unpaired) electrons. The van der Waals surface area contributed by atoms with Crippen LogP contribution < -0.4 is 9.67 Å². The molecule has 0 atom stereocenters. The van der Waals surface area contributed by atoms with Gasteiger partial charge in [0, 0.05) is 19.8 Å². The van der Waals surface area contributed by atoms with Crippen LogP contribution in [0.15, 0.2) is 6.33 Å². The zero-order chi connectivity index (χ0) is 11.3. The number of aliphatic carboxylic acids is 1. The van der Waals surface area contributed by atoms with Crippen molar-refractivity contribution in [2.45, 2.75) is 34.2 Å². The normalized spacial score (nSPS) is 9.21. The van der Waals surface area contributed by atoms with Crippen LogP contribution in [0.5, 0.6) is 0 Å². The fourth-order valence-electron chi connectivity index (χ4n) is 1.16. The van der Waals surface area contributed by atoms with Gasteiger partial charge in [-0.3, -0.25) is 0 Å². The van der Waals surface area contributed by atoms with Crippen LogP contribution in [0.1, 0.15) is 25.2 Å². The number of carbonyl (C=O) groups excluding carboxylic acids is 1. The van der Waals surface area contributed by atoms with Gasteiger partial charge in [-0.25, -0.2) is 9.13 Å². The number of rotatable bonds is 1. The molecular weight excluding hydrogens is 180 g/mol. The summed E-state index contributed by atoms with van der Waals surface area (Å²) >= 11 is 0. The van der Waals surface area contributed by atoms with Crippen molar-refractivity contribution in [3.05, 3.63) is 17.7 Å². The van der Waals surface area contributed by atoms with Crippen LogP contribution in [0.25, 0.3) is 0 Å². The molecule has 0 N–H and O–H groups in total. The van der Waals surface area contributed by atoms with E-state index in [9.17, 15) is 0 Å². The van der Waals surface area contributed by atoms with Crippen LogP contribution in [-0.4, -0.2) is 10.5 Å². The highest BCUT2D eigenvalue weighted by molar-refractivity contribution is 5.60. The molecule has 80 valence electrons. The molecule has 0 bridgehead atoms. The summed E-state index contributed by atoms with van der Waals surface area (Å²) in [6.45, 7) is 8.49. The van der Waals surface area contributed by atoms with Crippen LogP contribution in [0.2, 0.25) is 0 Å². The molecule has 0 fully saturated rings. The number of carboxylic acid groups (broad SMARTS) is 1. The molecule has 1 rings (SSSR count). The molecule has 0 spiro atoms. The molecular formula is C10H18N2O2. The van der Waals surface area contributed by atoms with Crippen molar-refractivity contribution < 1.29 is 14.5 Å². The monoisotopic (exact) mass is 198 g/mol. The van der Waals surface area contributed by atoms with Crippen LogP contribution >= 0.6 is 0 Å². The van der Waals surface area contributed by atoms with Gasteiger partial charge in [0.25, 0.3) is 0 Å². The van der Waals surface area contributed by atoms with Crippen molar-refractivity contribution in [2.75, 3.05) is 0 Å². The number of hydrogen-bond acceptors (Lipinski definition) is 2. The van der Waals surface area contributed by atoms with E-state index in [1.54, 1.807) is 0 Å². The first-order valence-corrected chi connectivity index (χ1v) is 4.59. The minimum Gasteiger partial charge on any atom is -0.550 e. The second-order valence-corrected chi connectivity index (χ2v) is 3.17. The molecule has 0 aliphatic rings. The first kappa shape index (κ1) is 12.7. The fraction of sp³-hybridized carbons (Fsp3) is 0.600. The lowest BCUT2D eigenvalue weighted by Crippen LogP contribution is -2.28. The molecule has 0 unspecified atom stereocenters. The Hall–Kier alpha value is -1.32. The minimum atomic E-state index is -1.08. The number of carbonyl (C=O) groups is 1. The average molecular weight is 198 g/mol. The second-order valence-electron chi connectivity index (χ2n) is 3.17. The third-order valence-electron chi connectivity index (χ3n) is 2.14. The maximum absolute atomic E-state index is 8.89. The number of aromatic nitrogens is 2. The van der Waals surface area contributed by atoms with Crippen molar-refractivity contribution in [3.8, 4) is 0 Å². The maximum Gasteiger partial charge on any atom is 0.243 e. The van der Waals surface area contributed by atoms with E-state index in [4.69, 9.17) is 9.90 Å². The molecule has 1 heterocycles. The van der Waals surface area contributed by atoms with E-state index >= 15 is 0 Å². The Morgan fingerprint density at radius 3 is 2.14 bits per heavy atom. The molecule has 0 saturated carbocycles. The number of aryl methyl sites for hydroxylation is 2. The SMILES string of the molecule is CC(=O)[O-].CCn1c[n+](C)c(C)c1C. The number of imidazole rings is 1. The largest absolute Gasteiger partial charge is 0.550 e. The van der Waals surface area contributed by atoms with E-state index in [0.717, 1.165) is 13.5 Å². The summed E-state index contributed by atoms with van der Waals surface area (Å²) in [7, 11) is 2.08. The summed E-state index contributed by atoms with van der Waals surface area (Å²) in [6, 6.07) is 0. The van der Waals surface area contributed by atoms with Gasteiger partial charge in [0.15, 0.2) is 0 Å². The van der Waals surface area contributed by atoms with E-state index in [-0.39, 0.29) is 0 Å². The molecule has 4 heteroatoms. The van der Waals surface area contributed by atoms with Gasteiger partial charge in [-0.1, -0.05) is 0 Å². The van der Waals surface area contributed by atoms with Gasteiger partial charge in [-0.05, 0) is 13.8 Å². The van der Waals surface area contributed by atoms with Gasteiger partial charge in [-0.2, -0.15) is 0 Å². The van der Waals surface area contributed by atoms with E-state index in [0.29, 0.717) is 0 Å². The zero-order valence-electron chi connectivity index (χ0n) is 9.50. The average Bonchev–Trinajstić information content (AvgIpc) is 2.31. The van der Waals surface area contributed by atoms with Crippen molar-refractivity contribution in [1.82, 2.24) is 4.57 Å². The van der Waals surface area contributed by atoms with Crippen LogP contribution in [0.3, 0.4) is 0 Å². The Bertz CT molecular complexity index is 312. The number of hydrogen-bond donors (Lipinski definition) is 0.